The van der Waals surface area contributed by atoms with Gasteiger partial charge in [0, 0.05) is 10.6 Å². The number of aliphatic carboxylic acids is 1. The maximum atomic E-state index is 12.6. The SMILES string of the molecule is CC(Sc1ccc(NC(=O)C2CC=CCC2C(=O)O)cc1)C(=O)Nc1nc2ccccc2s1. The fourth-order valence-corrected chi connectivity index (χ4v) is 5.36. The van der Waals surface area contributed by atoms with Crippen LogP contribution in [0.3, 0.4) is 0 Å². The van der Waals surface area contributed by atoms with Crippen LogP contribution in [0.4, 0.5) is 10.8 Å². The molecule has 1 aliphatic carbocycles. The monoisotopic (exact) mass is 481 g/mol. The van der Waals surface area contributed by atoms with Crippen molar-refractivity contribution in [3.05, 3.63) is 60.7 Å². The van der Waals surface area contributed by atoms with Gasteiger partial charge >= 0.3 is 5.97 Å². The number of nitrogens with zero attached hydrogens (tertiary/aromatic N) is 1. The van der Waals surface area contributed by atoms with Crippen LogP contribution in [0.15, 0.2) is 65.6 Å². The van der Waals surface area contributed by atoms with Crippen molar-refractivity contribution in [3.63, 3.8) is 0 Å². The average Bonchev–Trinajstić information content (AvgIpc) is 3.22. The number of anilines is 2. The topological polar surface area (TPSA) is 108 Å². The number of allylic oxidation sites excluding steroid dienone is 2. The van der Waals surface area contributed by atoms with Crippen molar-refractivity contribution >= 4 is 61.9 Å². The quantitative estimate of drug-likeness (QED) is 0.323. The van der Waals surface area contributed by atoms with Gasteiger partial charge in [0.2, 0.25) is 11.8 Å². The van der Waals surface area contributed by atoms with Crippen molar-refractivity contribution in [2.75, 3.05) is 10.6 Å². The first-order chi connectivity index (χ1) is 15.9. The lowest BCUT2D eigenvalue weighted by Crippen LogP contribution is -2.34. The van der Waals surface area contributed by atoms with E-state index in [0.717, 1.165) is 15.1 Å². The molecule has 0 spiro atoms. The van der Waals surface area contributed by atoms with Gasteiger partial charge in [0.15, 0.2) is 5.13 Å². The molecule has 0 aliphatic heterocycles. The molecule has 1 aliphatic rings. The molecule has 9 heteroatoms. The lowest BCUT2D eigenvalue weighted by atomic mass is 9.82. The van der Waals surface area contributed by atoms with Gasteiger partial charge in [-0.2, -0.15) is 0 Å². The van der Waals surface area contributed by atoms with Gasteiger partial charge in [0.1, 0.15) is 0 Å². The second kappa shape index (κ2) is 10.2. The molecule has 2 aromatic carbocycles. The van der Waals surface area contributed by atoms with Crippen LogP contribution in [0.2, 0.25) is 0 Å². The molecule has 3 N–H and O–H groups in total. The van der Waals surface area contributed by atoms with Gasteiger partial charge in [0.05, 0.1) is 27.3 Å². The zero-order chi connectivity index (χ0) is 23.4. The number of carboxylic acids is 1. The van der Waals surface area contributed by atoms with Crippen molar-refractivity contribution < 1.29 is 19.5 Å². The molecule has 3 atom stereocenters. The number of fused-ring (bicyclic) bond motifs is 1. The summed E-state index contributed by atoms with van der Waals surface area (Å²) in [5.74, 6) is -2.69. The van der Waals surface area contributed by atoms with E-state index >= 15 is 0 Å². The Morgan fingerprint density at radius 2 is 1.73 bits per heavy atom. The standard InChI is InChI=1S/C24H23N3O4S2/c1-14(21(28)27-24-26-19-8-4-5-9-20(19)33-24)32-16-12-10-15(11-13-16)25-22(29)17-6-2-3-7-18(17)23(30)31/h2-5,8-14,17-18H,6-7H2,1H3,(H,25,29)(H,30,31)(H,26,27,28). The molecule has 0 radical (unpaired) electrons. The molecule has 3 aromatic rings. The third kappa shape index (κ3) is 5.61. The molecule has 7 nitrogen and oxygen atoms in total. The number of carbonyl (C=O) groups excluding carboxylic acids is 2. The summed E-state index contributed by atoms with van der Waals surface area (Å²) in [4.78, 5) is 41.9. The van der Waals surface area contributed by atoms with Crippen molar-refractivity contribution in [1.29, 1.82) is 0 Å². The minimum absolute atomic E-state index is 0.137. The number of rotatable bonds is 7. The van der Waals surface area contributed by atoms with E-state index in [1.165, 1.54) is 23.1 Å². The zero-order valence-electron chi connectivity index (χ0n) is 17.9. The van der Waals surface area contributed by atoms with Gasteiger partial charge in [0.25, 0.3) is 0 Å². The van der Waals surface area contributed by atoms with Crippen molar-refractivity contribution in [3.8, 4) is 0 Å². The first kappa shape index (κ1) is 23.0. The molecule has 0 saturated carbocycles. The molecule has 2 amide bonds. The molecular formula is C24H23N3O4S2. The van der Waals surface area contributed by atoms with Gasteiger partial charge in [-0.05, 0) is 56.2 Å². The zero-order valence-corrected chi connectivity index (χ0v) is 19.5. The van der Waals surface area contributed by atoms with Crippen LogP contribution in [-0.2, 0) is 14.4 Å². The van der Waals surface area contributed by atoms with Crippen LogP contribution in [-0.4, -0.2) is 33.1 Å². The number of carboxylic acid groups (broad SMARTS) is 1. The molecule has 1 heterocycles. The predicted molar refractivity (Wildman–Crippen MR) is 132 cm³/mol. The van der Waals surface area contributed by atoms with Crippen LogP contribution < -0.4 is 10.6 Å². The Hall–Kier alpha value is -3.17. The molecule has 4 rings (SSSR count). The summed E-state index contributed by atoms with van der Waals surface area (Å²) in [5, 5.41) is 15.3. The van der Waals surface area contributed by atoms with Crippen LogP contribution in [0, 0.1) is 11.8 Å². The summed E-state index contributed by atoms with van der Waals surface area (Å²) in [6.07, 6.45) is 4.44. The fourth-order valence-electron chi connectivity index (χ4n) is 3.62. The van der Waals surface area contributed by atoms with Crippen LogP contribution >= 0.6 is 23.1 Å². The Morgan fingerprint density at radius 1 is 1.03 bits per heavy atom. The third-order valence-electron chi connectivity index (χ3n) is 5.41. The van der Waals surface area contributed by atoms with Gasteiger partial charge in [-0.1, -0.05) is 35.6 Å². The van der Waals surface area contributed by atoms with Gasteiger partial charge in [-0.15, -0.1) is 11.8 Å². The molecule has 1 aromatic heterocycles. The van der Waals surface area contributed by atoms with Crippen LogP contribution in [0.1, 0.15) is 19.8 Å². The summed E-state index contributed by atoms with van der Waals surface area (Å²) < 4.78 is 1.02. The number of nitrogens with one attached hydrogen (secondary N) is 2. The normalized spacial score (nSPS) is 18.6. The van der Waals surface area contributed by atoms with E-state index in [1.807, 2.05) is 55.5 Å². The fraction of sp³-hybridized carbons (Fsp3) is 0.250. The van der Waals surface area contributed by atoms with E-state index in [9.17, 15) is 19.5 Å². The number of aromatic nitrogens is 1. The number of thioether (sulfide) groups is 1. The lowest BCUT2D eigenvalue weighted by Gasteiger charge is -2.24. The summed E-state index contributed by atoms with van der Waals surface area (Å²) >= 11 is 2.84. The van der Waals surface area contributed by atoms with E-state index in [2.05, 4.69) is 15.6 Å². The number of hydrogen-bond donors (Lipinski definition) is 3. The number of carbonyl (C=O) groups is 3. The number of para-hydroxylation sites is 1. The Labute approximate surface area is 199 Å². The largest absolute Gasteiger partial charge is 0.481 e. The van der Waals surface area contributed by atoms with Crippen LogP contribution in [0.25, 0.3) is 10.2 Å². The Kier molecular flexibility index (Phi) is 7.10. The Morgan fingerprint density at radius 3 is 2.42 bits per heavy atom. The highest BCUT2D eigenvalue weighted by Gasteiger charge is 2.33. The van der Waals surface area contributed by atoms with E-state index < -0.39 is 17.8 Å². The minimum atomic E-state index is -0.954. The Balaban J connectivity index is 1.33. The summed E-state index contributed by atoms with van der Waals surface area (Å²) in [5.41, 5.74) is 1.45. The summed E-state index contributed by atoms with van der Waals surface area (Å²) in [6.45, 7) is 1.83. The molecule has 170 valence electrons. The van der Waals surface area contributed by atoms with E-state index in [4.69, 9.17) is 0 Å². The van der Waals surface area contributed by atoms with Gasteiger partial charge in [-0.3, -0.25) is 14.4 Å². The smallest absolute Gasteiger partial charge is 0.307 e. The maximum Gasteiger partial charge on any atom is 0.307 e. The van der Waals surface area contributed by atoms with Crippen molar-refractivity contribution in [1.82, 2.24) is 4.98 Å². The van der Waals surface area contributed by atoms with E-state index in [1.54, 1.807) is 12.1 Å². The highest BCUT2D eigenvalue weighted by Crippen LogP contribution is 2.30. The lowest BCUT2D eigenvalue weighted by molar-refractivity contribution is -0.146. The van der Waals surface area contributed by atoms with Crippen molar-refractivity contribution in [2.24, 2.45) is 11.8 Å². The van der Waals surface area contributed by atoms with Crippen LogP contribution in [0.5, 0.6) is 0 Å². The van der Waals surface area contributed by atoms with Gasteiger partial charge < -0.3 is 15.7 Å². The second-order valence-corrected chi connectivity index (χ2v) is 10.2. The number of hydrogen-bond acceptors (Lipinski definition) is 6. The average molecular weight is 482 g/mol. The third-order valence-corrected chi connectivity index (χ3v) is 7.48. The Bertz CT molecular complexity index is 1170. The first-order valence-corrected chi connectivity index (χ1v) is 12.2. The molecule has 0 bridgehead atoms. The van der Waals surface area contributed by atoms with Gasteiger partial charge in [-0.25, -0.2) is 4.98 Å². The maximum absolute atomic E-state index is 12.6. The van der Waals surface area contributed by atoms with Crippen molar-refractivity contribution in [2.45, 2.75) is 29.9 Å². The predicted octanol–water partition coefficient (Wildman–Crippen LogP) is 5.02. The number of amides is 2. The summed E-state index contributed by atoms with van der Waals surface area (Å²) in [6, 6.07) is 14.9. The first-order valence-electron chi connectivity index (χ1n) is 10.5. The molecule has 3 unspecified atom stereocenters. The molecule has 0 saturated heterocycles. The molecule has 0 fully saturated rings. The molecule has 33 heavy (non-hydrogen) atoms. The highest BCUT2D eigenvalue weighted by atomic mass is 32.2. The second-order valence-electron chi connectivity index (χ2n) is 7.74. The van der Waals surface area contributed by atoms with E-state index in [-0.39, 0.29) is 17.1 Å². The minimum Gasteiger partial charge on any atom is -0.481 e. The molecular weight excluding hydrogens is 458 g/mol. The number of thiazole rings is 1. The van der Waals surface area contributed by atoms with E-state index in [0.29, 0.717) is 23.7 Å². The number of benzene rings is 2. The highest BCUT2D eigenvalue weighted by molar-refractivity contribution is 8.00. The summed E-state index contributed by atoms with van der Waals surface area (Å²) in [7, 11) is 0.